The highest BCUT2D eigenvalue weighted by molar-refractivity contribution is 5.91. The largest absolute Gasteiger partial charge is 0.383 e. The number of anilines is 1. The molecular formula is C22H29N5O4. The third kappa shape index (κ3) is 5.11. The lowest BCUT2D eigenvalue weighted by atomic mass is 10.2. The molecule has 2 heterocycles. The van der Waals surface area contributed by atoms with Crippen molar-refractivity contribution in [3.05, 3.63) is 56.5 Å². The van der Waals surface area contributed by atoms with E-state index in [0.717, 1.165) is 11.3 Å². The molecule has 0 aliphatic carbocycles. The lowest BCUT2D eigenvalue weighted by Crippen LogP contribution is -2.32. The second-order valence-electron chi connectivity index (χ2n) is 7.97. The summed E-state index contributed by atoms with van der Waals surface area (Å²) in [5.74, 6) is 0.619. The van der Waals surface area contributed by atoms with Crippen molar-refractivity contribution in [2.75, 3.05) is 19.0 Å². The quantitative estimate of drug-likeness (QED) is 0.543. The lowest BCUT2D eigenvalue weighted by Gasteiger charge is -2.10. The molecule has 0 fully saturated rings. The lowest BCUT2D eigenvalue weighted by molar-refractivity contribution is -0.116. The summed E-state index contributed by atoms with van der Waals surface area (Å²) < 4.78 is 8.42. The maximum atomic E-state index is 12.6. The van der Waals surface area contributed by atoms with Crippen LogP contribution in [0.15, 0.2) is 33.9 Å². The number of carbonyl (C=O) groups is 1. The molecule has 0 saturated heterocycles. The molecule has 3 aromatic rings. The summed E-state index contributed by atoms with van der Waals surface area (Å²) in [7, 11) is 1.58. The zero-order valence-electron chi connectivity index (χ0n) is 18.4. The fourth-order valence-corrected chi connectivity index (χ4v) is 3.52. The molecule has 0 radical (unpaired) electrons. The number of hydrogen-bond donors (Lipinski definition) is 2. The molecule has 9 heteroatoms. The summed E-state index contributed by atoms with van der Waals surface area (Å²) in [6.45, 7) is 7.10. The molecule has 0 unspecified atom stereocenters. The fourth-order valence-electron chi connectivity index (χ4n) is 3.52. The minimum atomic E-state index is -0.487. The molecule has 1 amide bonds. The van der Waals surface area contributed by atoms with Crippen molar-refractivity contribution in [2.45, 2.75) is 46.7 Å². The predicted molar refractivity (Wildman–Crippen MR) is 119 cm³/mol. The number of aromatic nitrogens is 4. The highest BCUT2D eigenvalue weighted by Gasteiger charge is 2.19. The van der Waals surface area contributed by atoms with Crippen molar-refractivity contribution in [1.82, 2.24) is 19.1 Å². The Morgan fingerprint density at radius 3 is 2.65 bits per heavy atom. The molecule has 0 atom stereocenters. The van der Waals surface area contributed by atoms with Crippen molar-refractivity contribution < 1.29 is 9.53 Å². The van der Waals surface area contributed by atoms with Crippen LogP contribution in [0.1, 0.15) is 31.7 Å². The Morgan fingerprint density at radius 1 is 1.23 bits per heavy atom. The van der Waals surface area contributed by atoms with E-state index in [4.69, 9.17) is 4.74 Å². The number of hydrogen-bond acceptors (Lipinski definition) is 5. The number of para-hydroxylation sites is 1. The van der Waals surface area contributed by atoms with Crippen LogP contribution in [0, 0.1) is 12.8 Å². The van der Waals surface area contributed by atoms with E-state index in [1.54, 1.807) is 11.7 Å². The molecular weight excluding hydrogens is 398 g/mol. The Labute approximate surface area is 180 Å². The molecule has 2 N–H and O–H groups in total. The fraction of sp³-hybridized carbons (Fsp3) is 0.455. The van der Waals surface area contributed by atoms with Gasteiger partial charge in [-0.2, -0.15) is 0 Å². The van der Waals surface area contributed by atoms with E-state index >= 15 is 0 Å². The zero-order chi connectivity index (χ0) is 22.5. The summed E-state index contributed by atoms with van der Waals surface area (Å²) in [6, 6.07) is 7.57. The summed E-state index contributed by atoms with van der Waals surface area (Å²) in [5.41, 5.74) is 1.44. The third-order valence-corrected chi connectivity index (χ3v) is 5.03. The van der Waals surface area contributed by atoms with Gasteiger partial charge in [-0.05, 0) is 24.5 Å². The predicted octanol–water partition coefficient (Wildman–Crippen LogP) is 2.07. The van der Waals surface area contributed by atoms with Crippen LogP contribution in [0.3, 0.4) is 0 Å². The first-order valence-corrected chi connectivity index (χ1v) is 10.4. The van der Waals surface area contributed by atoms with Gasteiger partial charge >= 0.3 is 5.69 Å². The number of amides is 1. The first-order chi connectivity index (χ1) is 14.8. The first-order valence-electron chi connectivity index (χ1n) is 10.4. The normalized spacial score (nSPS) is 11.4. The first kappa shape index (κ1) is 22.5. The maximum absolute atomic E-state index is 12.6. The van der Waals surface area contributed by atoms with Crippen molar-refractivity contribution in [1.29, 1.82) is 0 Å². The van der Waals surface area contributed by atoms with Gasteiger partial charge in [-0.15, -0.1) is 0 Å². The number of aromatic amines is 1. The maximum Gasteiger partial charge on any atom is 0.330 e. The van der Waals surface area contributed by atoms with E-state index in [9.17, 15) is 14.4 Å². The van der Waals surface area contributed by atoms with Crippen molar-refractivity contribution >= 4 is 22.8 Å². The minimum Gasteiger partial charge on any atom is -0.383 e. The molecule has 1 aromatic carbocycles. The van der Waals surface area contributed by atoms with Gasteiger partial charge in [-0.1, -0.05) is 32.0 Å². The van der Waals surface area contributed by atoms with Crippen LogP contribution in [-0.4, -0.2) is 38.7 Å². The van der Waals surface area contributed by atoms with Gasteiger partial charge in [0, 0.05) is 38.7 Å². The van der Waals surface area contributed by atoms with Crippen LogP contribution in [-0.2, 0) is 29.0 Å². The number of carbonyl (C=O) groups excluding carboxylic acids is 1. The van der Waals surface area contributed by atoms with E-state index in [-0.39, 0.29) is 18.2 Å². The molecule has 0 spiro atoms. The SMILES string of the molecule is COCCn1c(CCC(=O)Nc2ccccc2C)nc2c1c(=O)[nH]c(=O)n2CC(C)C. The van der Waals surface area contributed by atoms with Gasteiger partial charge in [0.05, 0.1) is 6.61 Å². The standard InChI is InChI=1S/C22H29N5O4/c1-14(2)13-27-20-19(21(29)25-22(27)30)26(11-12-31-4)17(24-20)9-10-18(28)23-16-8-6-5-7-15(16)3/h5-8,14H,9-13H2,1-4H3,(H,23,28)(H,25,29,30). The highest BCUT2D eigenvalue weighted by Crippen LogP contribution is 2.16. The average molecular weight is 428 g/mol. The van der Waals surface area contributed by atoms with Crippen molar-refractivity contribution in [2.24, 2.45) is 5.92 Å². The van der Waals surface area contributed by atoms with E-state index < -0.39 is 11.2 Å². The molecule has 0 bridgehead atoms. The highest BCUT2D eigenvalue weighted by atomic mass is 16.5. The van der Waals surface area contributed by atoms with Gasteiger partial charge in [0.25, 0.3) is 5.56 Å². The van der Waals surface area contributed by atoms with E-state index in [1.807, 2.05) is 45.0 Å². The van der Waals surface area contributed by atoms with Crippen LogP contribution in [0.2, 0.25) is 0 Å². The molecule has 2 aromatic heterocycles. The van der Waals surface area contributed by atoms with Gasteiger partial charge in [-0.25, -0.2) is 9.78 Å². The smallest absolute Gasteiger partial charge is 0.330 e. The summed E-state index contributed by atoms with van der Waals surface area (Å²) in [6.07, 6.45) is 0.516. The number of imidazole rings is 1. The van der Waals surface area contributed by atoms with Crippen LogP contribution in [0.4, 0.5) is 5.69 Å². The van der Waals surface area contributed by atoms with Crippen LogP contribution >= 0.6 is 0 Å². The Kier molecular flexibility index (Phi) is 7.06. The van der Waals surface area contributed by atoms with Crippen LogP contribution in [0.5, 0.6) is 0 Å². The number of aryl methyl sites for hydroxylation is 2. The van der Waals surface area contributed by atoms with Crippen LogP contribution in [0.25, 0.3) is 11.2 Å². The number of benzene rings is 1. The molecule has 31 heavy (non-hydrogen) atoms. The number of methoxy groups -OCH3 is 1. The Morgan fingerprint density at radius 2 is 1.97 bits per heavy atom. The Balaban J connectivity index is 1.94. The van der Waals surface area contributed by atoms with Crippen LogP contribution < -0.4 is 16.6 Å². The average Bonchev–Trinajstić information content (AvgIpc) is 3.08. The zero-order valence-corrected chi connectivity index (χ0v) is 18.4. The number of ether oxygens (including phenoxy) is 1. The van der Waals surface area contributed by atoms with Gasteiger partial charge in [0.15, 0.2) is 11.2 Å². The second kappa shape index (κ2) is 9.74. The Bertz CT molecular complexity index is 1190. The molecule has 3 rings (SSSR count). The summed E-state index contributed by atoms with van der Waals surface area (Å²) in [4.78, 5) is 44.5. The van der Waals surface area contributed by atoms with Crippen molar-refractivity contribution in [3.8, 4) is 0 Å². The van der Waals surface area contributed by atoms with Gasteiger partial charge in [0.2, 0.25) is 5.91 Å². The van der Waals surface area contributed by atoms with Crippen molar-refractivity contribution in [3.63, 3.8) is 0 Å². The summed E-state index contributed by atoms with van der Waals surface area (Å²) in [5, 5.41) is 2.91. The number of fused-ring (bicyclic) bond motifs is 1. The van der Waals surface area contributed by atoms with Gasteiger partial charge in [-0.3, -0.25) is 19.1 Å². The minimum absolute atomic E-state index is 0.145. The number of nitrogens with zero attached hydrogens (tertiary/aromatic N) is 3. The number of nitrogens with one attached hydrogen (secondary N) is 2. The number of H-pyrrole nitrogens is 1. The van der Waals surface area contributed by atoms with Gasteiger partial charge in [0.1, 0.15) is 5.82 Å². The molecule has 9 nitrogen and oxygen atoms in total. The second-order valence-corrected chi connectivity index (χ2v) is 7.97. The topological polar surface area (TPSA) is 111 Å². The van der Waals surface area contributed by atoms with E-state index in [0.29, 0.717) is 43.1 Å². The van der Waals surface area contributed by atoms with E-state index in [2.05, 4.69) is 15.3 Å². The third-order valence-electron chi connectivity index (χ3n) is 5.03. The monoisotopic (exact) mass is 427 g/mol. The van der Waals surface area contributed by atoms with E-state index in [1.165, 1.54) is 4.57 Å². The molecule has 0 saturated carbocycles. The molecule has 0 aliphatic rings. The molecule has 166 valence electrons. The molecule has 0 aliphatic heterocycles. The van der Waals surface area contributed by atoms with Gasteiger partial charge < -0.3 is 14.6 Å². The summed E-state index contributed by atoms with van der Waals surface area (Å²) >= 11 is 0. The Hall–Kier alpha value is -3.20. The number of rotatable bonds is 9.